The first-order chi connectivity index (χ1) is 17.4. The molecule has 1 fully saturated rings. The van der Waals surface area contributed by atoms with Crippen LogP contribution in [0, 0.1) is 12.3 Å². The minimum Gasteiger partial charge on any atom is -0.457 e. The first-order valence-electron chi connectivity index (χ1n) is 11.6. The Morgan fingerprint density at radius 3 is 2.44 bits per heavy atom. The van der Waals surface area contributed by atoms with Crippen LogP contribution in [0.3, 0.4) is 0 Å². The van der Waals surface area contributed by atoms with E-state index >= 15 is 0 Å². The lowest BCUT2D eigenvalue weighted by atomic mass is 10.1. The normalized spacial score (nSPS) is 15.4. The Morgan fingerprint density at radius 2 is 1.78 bits per heavy atom. The van der Waals surface area contributed by atoms with Gasteiger partial charge in [0.15, 0.2) is 5.65 Å². The zero-order valence-electron chi connectivity index (χ0n) is 19.7. The lowest BCUT2D eigenvalue weighted by molar-refractivity contribution is 0.217. The molecular formula is C28H25BrN6O. The highest BCUT2D eigenvalue weighted by molar-refractivity contribution is 9.11. The largest absolute Gasteiger partial charge is 0.457 e. The standard InChI is InChI=1S/C28H25BrN6O/c1-4-20-7-11-23(12-8-20)36-24-13-9-21(10-14-24)26-25-27(30)31-17-32-28(25)35(33-26)22-6-5-15-34(16-22)19(3)18(2)29/h1,7-14,17,22H,2-3,5-6,15-16H2,(H2,30,31,32)/t22-/m1/s1. The van der Waals surface area contributed by atoms with Crippen molar-refractivity contribution in [3.05, 3.63) is 83.8 Å². The molecule has 0 radical (unpaired) electrons. The smallest absolute Gasteiger partial charge is 0.164 e. The number of anilines is 1. The number of halogens is 1. The Bertz CT molecular complexity index is 1480. The van der Waals surface area contributed by atoms with E-state index in [1.165, 1.54) is 6.33 Å². The van der Waals surface area contributed by atoms with E-state index in [1.54, 1.807) is 0 Å². The summed E-state index contributed by atoms with van der Waals surface area (Å²) in [6.45, 7) is 9.82. The monoisotopic (exact) mass is 540 g/mol. The van der Waals surface area contributed by atoms with Crippen LogP contribution in [-0.4, -0.2) is 37.7 Å². The second-order valence-corrected chi connectivity index (χ2v) is 9.60. The second kappa shape index (κ2) is 9.88. The van der Waals surface area contributed by atoms with Crippen molar-refractivity contribution < 1.29 is 4.74 Å². The SMILES string of the molecule is C#Cc1ccc(Oc2ccc(-c3nn([C@@H]4CCCN(C(=C)C(=C)Br)C4)c4ncnc(N)c34)cc2)cc1. The van der Waals surface area contributed by atoms with E-state index in [0.717, 1.165) is 64.0 Å². The third-order valence-electron chi connectivity index (χ3n) is 6.34. The fourth-order valence-electron chi connectivity index (χ4n) is 4.46. The van der Waals surface area contributed by atoms with E-state index in [1.807, 2.05) is 53.2 Å². The molecule has 1 saturated heterocycles. The van der Waals surface area contributed by atoms with E-state index < -0.39 is 0 Å². The summed E-state index contributed by atoms with van der Waals surface area (Å²) in [4.78, 5) is 11.0. The molecule has 1 aliphatic rings. The van der Waals surface area contributed by atoms with Gasteiger partial charge in [-0.25, -0.2) is 14.6 Å². The average Bonchev–Trinajstić information content (AvgIpc) is 3.30. The van der Waals surface area contributed by atoms with Crippen LogP contribution < -0.4 is 10.5 Å². The van der Waals surface area contributed by atoms with Gasteiger partial charge in [0.2, 0.25) is 0 Å². The molecule has 1 aliphatic heterocycles. The van der Waals surface area contributed by atoms with Gasteiger partial charge in [0, 0.05) is 34.4 Å². The van der Waals surface area contributed by atoms with Gasteiger partial charge < -0.3 is 15.4 Å². The van der Waals surface area contributed by atoms with Gasteiger partial charge in [-0.2, -0.15) is 5.10 Å². The molecule has 0 aliphatic carbocycles. The summed E-state index contributed by atoms with van der Waals surface area (Å²) in [6, 6.07) is 15.3. The minimum atomic E-state index is 0.112. The van der Waals surface area contributed by atoms with Crippen LogP contribution in [0.2, 0.25) is 0 Å². The summed E-state index contributed by atoms with van der Waals surface area (Å²) in [5.41, 5.74) is 10.4. The van der Waals surface area contributed by atoms with Crippen molar-refractivity contribution in [1.82, 2.24) is 24.6 Å². The van der Waals surface area contributed by atoms with Gasteiger partial charge in [0.1, 0.15) is 29.3 Å². The van der Waals surface area contributed by atoms with Gasteiger partial charge in [0.25, 0.3) is 0 Å². The quantitative estimate of drug-likeness (QED) is 0.242. The summed E-state index contributed by atoms with van der Waals surface area (Å²) < 4.78 is 8.74. The molecule has 0 bridgehead atoms. The van der Waals surface area contributed by atoms with Crippen molar-refractivity contribution in [2.75, 3.05) is 18.8 Å². The van der Waals surface area contributed by atoms with Crippen LogP contribution in [0.25, 0.3) is 22.3 Å². The number of benzene rings is 2. The number of likely N-dealkylation sites (tertiary alicyclic amines) is 1. The number of nitrogens with two attached hydrogens (primary N) is 1. The maximum atomic E-state index is 6.32. The number of aromatic nitrogens is 4. The molecule has 0 amide bonds. The Kier molecular flexibility index (Phi) is 6.49. The van der Waals surface area contributed by atoms with Crippen LogP contribution in [0.5, 0.6) is 11.5 Å². The summed E-state index contributed by atoms with van der Waals surface area (Å²) in [6.07, 6.45) is 8.90. The predicted octanol–water partition coefficient (Wildman–Crippen LogP) is 5.91. The molecule has 4 aromatic rings. The van der Waals surface area contributed by atoms with Gasteiger partial charge in [-0.15, -0.1) is 6.42 Å². The first kappa shape index (κ1) is 23.6. The predicted molar refractivity (Wildman–Crippen MR) is 147 cm³/mol. The van der Waals surface area contributed by atoms with Crippen molar-refractivity contribution in [3.8, 4) is 35.1 Å². The molecular weight excluding hydrogens is 516 g/mol. The summed E-state index contributed by atoms with van der Waals surface area (Å²) in [7, 11) is 0. The van der Waals surface area contributed by atoms with E-state index in [2.05, 4.69) is 49.9 Å². The number of allylic oxidation sites excluding steroid dienone is 1. The third kappa shape index (κ3) is 4.58. The Morgan fingerprint density at radius 1 is 1.08 bits per heavy atom. The van der Waals surface area contributed by atoms with Crippen molar-refractivity contribution in [1.29, 1.82) is 0 Å². The number of rotatable bonds is 6. The second-order valence-electron chi connectivity index (χ2n) is 8.64. The van der Waals surface area contributed by atoms with Gasteiger partial charge in [-0.1, -0.05) is 19.1 Å². The lowest BCUT2D eigenvalue weighted by Crippen LogP contribution is -2.36. The molecule has 36 heavy (non-hydrogen) atoms. The average molecular weight is 541 g/mol. The highest BCUT2D eigenvalue weighted by Crippen LogP contribution is 2.35. The van der Waals surface area contributed by atoms with Gasteiger partial charge in [-0.05, 0) is 77.3 Å². The molecule has 0 saturated carbocycles. The molecule has 0 unspecified atom stereocenters. The van der Waals surface area contributed by atoms with Gasteiger partial charge in [0.05, 0.1) is 11.4 Å². The van der Waals surface area contributed by atoms with Crippen molar-refractivity contribution in [2.24, 2.45) is 0 Å². The summed E-state index contributed by atoms with van der Waals surface area (Å²) in [5, 5.41) is 5.75. The Balaban J connectivity index is 1.46. The van der Waals surface area contributed by atoms with Crippen LogP contribution in [0.1, 0.15) is 24.4 Å². The number of nitrogen functional groups attached to an aromatic ring is 1. The zero-order chi connectivity index (χ0) is 25.2. The number of fused-ring (bicyclic) bond motifs is 1. The molecule has 0 spiro atoms. The Hall–Kier alpha value is -4.09. The summed E-state index contributed by atoms with van der Waals surface area (Å²) >= 11 is 3.46. The molecule has 5 rings (SSSR count). The highest BCUT2D eigenvalue weighted by atomic mass is 79.9. The fourth-order valence-corrected chi connectivity index (χ4v) is 4.71. The highest BCUT2D eigenvalue weighted by Gasteiger charge is 2.27. The molecule has 7 nitrogen and oxygen atoms in total. The van der Waals surface area contributed by atoms with E-state index in [4.69, 9.17) is 22.0 Å². The van der Waals surface area contributed by atoms with Crippen LogP contribution in [-0.2, 0) is 0 Å². The molecule has 2 N–H and O–H groups in total. The molecule has 2 aromatic carbocycles. The number of hydrogen-bond acceptors (Lipinski definition) is 6. The zero-order valence-corrected chi connectivity index (χ0v) is 21.3. The number of nitrogens with zero attached hydrogens (tertiary/aromatic N) is 5. The lowest BCUT2D eigenvalue weighted by Gasteiger charge is -2.35. The Labute approximate surface area is 218 Å². The van der Waals surface area contributed by atoms with E-state index in [-0.39, 0.29) is 6.04 Å². The number of piperidine rings is 1. The van der Waals surface area contributed by atoms with E-state index in [9.17, 15) is 0 Å². The van der Waals surface area contributed by atoms with Gasteiger partial charge >= 0.3 is 0 Å². The van der Waals surface area contributed by atoms with Crippen LogP contribution in [0.4, 0.5) is 5.82 Å². The summed E-state index contributed by atoms with van der Waals surface area (Å²) in [5.74, 6) is 4.42. The first-order valence-corrected chi connectivity index (χ1v) is 12.4. The molecule has 180 valence electrons. The van der Waals surface area contributed by atoms with Crippen molar-refractivity contribution >= 4 is 32.8 Å². The van der Waals surface area contributed by atoms with Gasteiger partial charge in [-0.3, -0.25) is 0 Å². The van der Waals surface area contributed by atoms with Crippen molar-refractivity contribution in [3.63, 3.8) is 0 Å². The topological polar surface area (TPSA) is 82.1 Å². The number of terminal acetylenes is 1. The molecule has 1 atom stereocenters. The number of hydrogen-bond donors (Lipinski definition) is 1. The third-order valence-corrected chi connectivity index (χ3v) is 6.80. The van der Waals surface area contributed by atoms with E-state index in [0.29, 0.717) is 17.3 Å². The van der Waals surface area contributed by atoms with Crippen molar-refractivity contribution in [2.45, 2.75) is 18.9 Å². The number of ether oxygens (including phenoxy) is 1. The molecule has 8 heteroatoms. The fraction of sp³-hybridized carbons (Fsp3) is 0.179. The van der Waals surface area contributed by atoms with Crippen LogP contribution in [0.15, 0.2) is 78.2 Å². The molecule has 2 aromatic heterocycles. The van der Waals surface area contributed by atoms with Crippen LogP contribution >= 0.6 is 15.9 Å². The maximum Gasteiger partial charge on any atom is 0.164 e. The molecule has 3 heterocycles. The minimum absolute atomic E-state index is 0.112. The maximum absolute atomic E-state index is 6.32.